The van der Waals surface area contributed by atoms with E-state index in [0.717, 1.165) is 0 Å². The van der Waals surface area contributed by atoms with Crippen LogP contribution in [0.2, 0.25) is 0 Å². The van der Waals surface area contributed by atoms with Crippen molar-refractivity contribution in [2.75, 3.05) is 26.4 Å². The molecule has 0 aromatic carbocycles. The van der Waals surface area contributed by atoms with E-state index in [0.29, 0.717) is 6.42 Å². The van der Waals surface area contributed by atoms with Crippen LogP contribution in [0.5, 0.6) is 0 Å². The Kier molecular flexibility index (Phi) is 13.6. The molecular weight excluding hydrogens is 516 g/mol. The lowest BCUT2D eigenvalue weighted by Crippen LogP contribution is -2.67. The number of nitrogens with one attached hydrogen (secondary N) is 4. The van der Waals surface area contributed by atoms with Crippen molar-refractivity contribution in [3.05, 3.63) is 12.3 Å². The molecule has 0 spiro atoms. The van der Waals surface area contributed by atoms with Crippen LogP contribution in [0.3, 0.4) is 0 Å². The first-order valence-corrected chi connectivity index (χ1v) is 12.9. The second-order valence-corrected chi connectivity index (χ2v) is 11.0. The molecule has 14 heteroatoms. The molecule has 1 saturated heterocycles. The fraction of sp³-hybridized carbons (Fsp3) is 0.800. The topological polar surface area (TPSA) is 208 Å². The summed E-state index contributed by atoms with van der Waals surface area (Å²) in [7, 11) is 0. The van der Waals surface area contributed by atoms with Crippen molar-refractivity contribution in [1.82, 2.24) is 21.3 Å². The predicted octanol–water partition coefficient (Wildman–Crippen LogP) is -1.39. The van der Waals surface area contributed by atoms with E-state index in [2.05, 4.69) is 27.8 Å². The summed E-state index contributed by atoms with van der Waals surface area (Å²) in [5.41, 5.74) is -1.21. The zero-order valence-corrected chi connectivity index (χ0v) is 23.7. The van der Waals surface area contributed by atoms with Gasteiger partial charge in [0.15, 0.2) is 6.23 Å². The van der Waals surface area contributed by atoms with Gasteiger partial charge in [0.25, 0.3) is 0 Å². The summed E-state index contributed by atoms with van der Waals surface area (Å²) < 4.78 is 16.6. The Hall–Kier alpha value is -2.49. The van der Waals surface area contributed by atoms with Crippen LogP contribution in [0.1, 0.15) is 54.4 Å². The quantitative estimate of drug-likeness (QED) is 0.116. The second-order valence-electron chi connectivity index (χ2n) is 11.0. The van der Waals surface area contributed by atoms with Crippen LogP contribution < -0.4 is 21.3 Å². The Labute approximate surface area is 229 Å². The first-order chi connectivity index (χ1) is 18.0. The Morgan fingerprint density at radius 1 is 1.05 bits per heavy atom. The van der Waals surface area contributed by atoms with Crippen molar-refractivity contribution in [2.45, 2.75) is 102 Å². The molecule has 6 atom stereocenters. The van der Waals surface area contributed by atoms with Crippen LogP contribution in [-0.4, -0.2) is 113 Å². The molecule has 1 aliphatic heterocycles. The molecule has 0 aromatic rings. The molecule has 1 rings (SSSR count). The molecule has 1 fully saturated rings. The van der Waals surface area contributed by atoms with Gasteiger partial charge in [-0.15, -0.1) is 0 Å². The first-order valence-electron chi connectivity index (χ1n) is 12.9. The minimum Gasteiger partial charge on any atom is -0.444 e. The highest BCUT2D eigenvalue weighted by molar-refractivity contribution is 5.86. The SMILES string of the molecule is C=C(C[C@H](NC(=O)OC(C)(C)C)C(=O)NCCOC(C)(C)CCO)NC1OC(CO)C(O)C(O)C1NC(C)=O. The van der Waals surface area contributed by atoms with E-state index in [4.69, 9.17) is 19.3 Å². The number of amides is 3. The zero-order valence-electron chi connectivity index (χ0n) is 23.7. The van der Waals surface area contributed by atoms with Gasteiger partial charge in [0.2, 0.25) is 11.8 Å². The first kappa shape index (κ1) is 34.5. The number of rotatable bonds is 14. The third kappa shape index (κ3) is 12.5. The van der Waals surface area contributed by atoms with Crippen LogP contribution in [0.4, 0.5) is 4.79 Å². The molecule has 39 heavy (non-hydrogen) atoms. The van der Waals surface area contributed by atoms with Crippen LogP contribution in [-0.2, 0) is 23.8 Å². The van der Waals surface area contributed by atoms with Gasteiger partial charge in [-0.05, 0) is 41.0 Å². The van der Waals surface area contributed by atoms with E-state index in [9.17, 15) is 29.7 Å². The van der Waals surface area contributed by atoms with Gasteiger partial charge in [-0.25, -0.2) is 4.79 Å². The lowest BCUT2D eigenvalue weighted by molar-refractivity contribution is -0.200. The number of carbonyl (C=O) groups is 3. The highest BCUT2D eigenvalue weighted by Crippen LogP contribution is 2.21. The van der Waals surface area contributed by atoms with E-state index in [1.54, 1.807) is 20.8 Å². The molecule has 0 bridgehead atoms. The Morgan fingerprint density at radius 2 is 1.69 bits per heavy atom. The van der Waals surface area contributed by atoms with Gasteiger partial charge in [-0.1, -0.05) is 6.58 Å². The number of aliphatic hydroxyl groups is 4. The van der Waals surface area contributed by atoms with Crippen LogP contribution in [0, 0.1) is 0 Å². The molecule has 226 valence electrons. The standard InChI is InChI=1S/C25H46N4O10/c1-14(27-22-18(28-15(2)32)20(34)19(33)17(13-31)38-22)12-16(29-23(36)39-24(3,4)5)21(35)26-9-11-37-25(6,7)8-10-30/h16-20,22,27,30-31,33-34H,1,8-13H2,2-7H3,(H,26,35)(H,28,32)(H,29,36)/t16-,17?,18?,19?,20?,22?/m0/s1. The maximum Gasteiger partial charge on any atom is 0.408 e. The van der Waals surface area contributed by atoms with Crippen molar-refractivity contribution in [1.29, 1.82) is 0 Å². The Balaban J connectivity index is 2.94. The molecule has 3 amide bonds. The fourth-order valence-electron chi connectivity index (χ4n) is 3.77. The highest BCUT2D eigenvalue weighted by atomic mass is 16.6. The number of ether oxygens (including phenoxy) is 3. The highest BCUT2D eigenvalue weighted by Gasteiger charge is 2.45. The van der Waals surface area contributed by atoms with Crippen molar-refractivity contribution in [3.8, 4) is 0 Å². The number of alkyl carbamates (subject to hydrolysis) is 1. The Morgan fingerprint density at radius 3 is 2.23 bits per heavy atom. The van der Waals surface area contributed by atoms with E-state index in [1.807, 2.05) is 13.8 Å². The van der Waals surface area contributed by atoms with Crippen molar-refractivity contribution in [3.63, 3.8) is 0 Å². The molecule has 0 aliphatic carbocycles. The monoisotopic (exact) mass is 562 g/mol. The summed E-state index contributed by atoms with van der Waals surface area (Å²) in [6.45, 7) is 13.4. The minimum atomic E-state index is -1.47. The lowest BCUT2D eigenvalue weighted by Gasteiger charge is -2.43. The van der Waals surface area contributed by atoms with Crippen molar-refractivity contribution < 1.29 is 49.0 Å². The van der Waals surface area contributed by atoms with E-state index >= 15 is 0 Å². The van der Waals surface area contributed by atoms with Gasteiger partial charge < -0.3 is 55.9 Å². The van der Waals surface area contributed by atoms with Gasteiger partial charge in [0.1, 0.15) is 36.0 Å². The summed E-state index contributed by atoms with van der Waals surface area (Å²) >= 11 is 0. The predicted molar refractivity (Wildman–Crippen MR) is 140 cm³/mol. The minimum absolute atomic E-state index is 0.0428. The average Bonchev–Trinajstić information content (AvgIpc) is 2.79. The molecule has 1 aliphatic rings. The fourth-order valence-corrected chi connectivity index (χ4v) is 3.77. The molecule has 5 unspecified atom stereocenters. The smallest absolute Gasteiger partial charge is 0.408 e. The number of aliphatic hydroxyl groups excluding tert-OH is 4. The number of hydrogen-bond acceptors (Lipinski definition) is 11. The summed E-state index contributed by atoms with van der Waals surface area (Å²) in [6.07, 6.45) is -5.76. The molecular formula is C25H46N4O10. The maximum absolute atomic E-state index is 13.0. The van der Waals surface area contributed by atoms with E-state index in [-0.39, 0.29) is 31.9 Å². The summed E-state index contributed by atoms with van der Waals surface area (Å²) in [6, 6.07) is -2.25. The normalized spacial score (nSPS) is 24.3. The van der Waals surface area contributed by atoms with E-state index < -0.39 is 72.3 Å². The molecule has 0 radical (unpaired) electrons. The van der Waals surface area contributed by atoms with Crippen molar-refractivity contribution >= 4 is 17.9 Å². The summed E-state index contributed by atoms with van der Waals surface area (Å²) in [5, 5.41) is 49.9. The molecule has 0 saturated carbocycles. The van der Waals surface area contributed by atoms with Gasteiger partial charge in [-0.3, -0.25) is 9.59 Å². The number of hydrogen-bond donors (Lipinski definition) is 8. The maximum atomic E-state index is 13.0. The molecule has 8 N–H and O–H groups in total. The largest absolute Gasteiger partial charge is 0.444 e. The molecule has 14 nitrogen and oxygen atoms in total. The lowest BCUT2D eigenvalue weighted by atomic mass is 9.95. The summed E-state index contributed by atoms with van der Waals surface area (Å²) in [5.74, 6) is -1.05. The van der Waals surface area contributed by atoms with Gasteiger partial charge >= 0.3 is 6.09 Å². The zero-order chi connectivity index (χ0) is 30.0. The average molecular weight is 563 g/mol. The van der Waals surface area contributed by atoms with Gasteiger partial charge in [-0.2, -0.15) is 0 Å². The number of carbonyl (C=O) groups excluding carboxylic acids is 3. The third-order valence-corrected chi connectivity index (χ3v) is 5.71. The van der Waals surface area contributed by atoms with Gasteiger partial charge in [0.05, 0.1) is 18.8 Å². The molecule has 0 aromatic heterocycles. The van der Waals surface area contributed by atoms with Gasteiger partial charge in [0, 0.05) is 32.2 Å². The van der Waals surface area contributed by atoms with Crippen LogP contribution in [0.15, 0.2) is 12.3 Å². The Bertz CT molecular complexity index is 832. The van der Waals surface area contributed by atoms with Crippen molar-refractivity contribution in [2.24, 2.45) is 0 Å². The van der Waals surface area contributed by atoms with E-state index in [1.165, 1.54) is 6.92 Å². The molecule has 1 heterocycles. The van der Waals surface area contributed by atoms with Crippen LogP contribution in [0.25, 0.3) is 0 Å². The second kappa shape index (κ2) is 15.3. The van der Waals surface area contributed by atoms with Crippen LogP contribution >= 0.6 is 0 Å². The summed E-state index contributed by atoms with van der Waals surface area (Å²) in [4.78, 5) is 37.1. The third-order valence-electron chi connectivity index (χ3n) is 5.71.